The highest BCUT2D eigenvalue weighted by atomic mass is 79.9. The van der Waals surface area contributed by atoms with Crippen LogP contribution in [0, 0.1) is 0 Å². The van der Waals surface area contributed by atoms with Crippen molar-refractivity contribution in [2.45, 2.75) is 24.8 Å². The van der Waals surface area contributed by atoms with Gasteiger partial charge >= 0.3 is 0 Å². The van der Waals surface area contributed by atoms with Crippen LogP contribution in [0.1, 0.15) is 13.8 Å². The van der Waals surface area contributed by atoms with Crippen molar-refractivity contribution >= 4 is 31.6 Å². The van der Waals surface area contributed by atoms with Gasteiger partial charge in [-0.1, -0.05) is 0 Å². The van der Waals surface area contributed by atoms with E-state index in [0.29, 0.717) is 29.3 Å². The van der Waals surface area contributed by atoms with E-state index in [1.54, 1.807) is 22.5 Å². The summed E-state index contributed by atoms with van der Waals surface area (Å²) in [5, 5.41) is 0. The van der Waals surface area contributed by atoms with Crippen LogP contribution >= 0.6 is 15.9 Å². The lowest BCUT2D eigenvalue weighted by Gasteiger charge is -2.36. The Morgan fingerprint density at radius 2 is 1.80 bits per heavy atom. The molecule has 0 spiro atoms. The molecule has 0 bridgehead atoms. The maximum absolute atomic E-state index is 12.6. The molecule has 0 saturated carbocycles. The summed E-state index contributed by atoms with van der Waals surface area (Å²) in [7, 11) is -3.43. The molecule has 0 radical (unpaired) electrons. The van der Waals surface area contributed by atoms with Crippen LogP contribution in [-0.2, 0) is 10.0 Å². The number of nitrogens with zero attached hydrogens (tertiary/aromatic N) is 2. The highest BCUT2D eigenvalue weighted by molar-refractivity contribution is 9.10. The third-order valence-electron chi connectivity index (χ3n) is 3.61. The lowest BCUT2D eigenvalue weighted by atomic mass is 10.3. The van der Waals surface area contributed by atoms with Gasteiger partial charge in [0.25, 0.3) is 0 Å². The lowest BCUT2D eigenvalue weighted by Crippen LogP contribution is -2.50. The van der Waals surface area contributed by atoms with Crippen molar-refractivity contribution in [3.63, 3.8) is 0 Å². The van der Waals surface area contributed by atoms with E-state index in [4.69, 9.17) is 5.73 Å². The van der Waals surface area contributed by atoms with Crippen molar-refractivity contribution in [2.24, 2.45) is 0 Å². The number of rotatable bonds is 3. The van der Waals surface area contributed by atoms with E-state index < -0.39 is 10.0 Å². The number of anilines is 1. The second-order valence-electron chi connectivity index (χ2n) is 5.22. The summed E-state index contributed by atoms with van der Waals surface area (Å²) >= 11 is 3.27. The van der Waals surface area contributed by atoms with E-state index in [1.807, 2.05) is 0 Å². The maximum Gasteiger partial charge on any atom is 0.243 e. The first-order valence-electron chi connectivity index (χ1n) is 6.61. The van der Waals surface area contributed by atoms with Gasteiger partial charge in [0.05, 0.1) is 4.90 Å². The molecule has 112 valence electrons. The normalized spacial score (nSPS) is 18.6. The Hall–Kier alpha value is -0.630. The summed E-state index contributed by atoms with van der Waals surface area (Å²) in [5.74, 6) is 0. The molecular formula is C13H20BrN3O2S. The fourth-order valence-corrected chi connectivity index (χ4v) is 4.26. The van der Waals surface area contributed by atoms with Crippen LogP contribution in [0.5, 0.6) is 0 Å². The molecule has 2 rings (SSSR count). The third-order valence-corrected chi connectivity index (χ3v) is 6.19. The van der Waals surface area contributed by atoms with Crippen LogP contribution in [0.25, 0.3) is 0 Å². The SMILES string of the molecule is CC(C)N1CCN(S(=O)(=O)c2ccc(N)c(Br)c2)CC1. The first-order valence-corrected chi connectivity index (χ1v) is 8.85. The van der Waals surface area contributed by atoms with E-state index in [2.05, 4.69) is 34.7 Å². The highest BCUT2D eigenvalue weighted by Gasteiger charge is 2.29. The monoisotopic (exact) mass is 361 g/mol. The van der Waals surface area contributed by atoms with Crippen molar-refractivity contribution in [1.82, 2.24) is 9.21 Å². The van der Waals surface area contributed by atoms with Gasteiger partial charge in [-0.05, 0) is 48.0 Å². The molecule has 1 aromatic carbocycles. The maximum atomic E-state index is 12.6. The number of sulfonamides is 1. The first-order chi connectivity index (χ1) is 9.32. The molecule has 1 aromatic rings. The Morgan fingerprint density at radius 3 is 2.30 bits per heavy atom. The molecule has 0 aliphatic carbocycles. The molecule has 1 aliphatic heterocycles. The fourth-order valence-electron chi connectivity index (χ4n) is 2.28. The second-order valence-corrected chi connectivity index (χ2v) is 8.01. The summed E-state index contributed by atoms with van der Waals surface area (Å²) in [6, 6.07) is 5.19. The summed E-state index contributed by atoms with van der Waals surface area (Å²) in [6.45, 7) is 6.85. The highest BCUT2D eigenvalue weighted by Crippen LogP contribution is 2.25. The molecule has 0 amide bonds. The molecule has 20 heavy (non-hydrogen) atoms. The summed E-state index contributed by atoms with van der Waals surface area (Å²) in [4.78, 5) is 2.57. The molecule has 5 nitrogen and oxygen atoms in total. The van der Waals surface area contributed by atoms with Crippen LogP contribution in [0.4, 0.5) is 5.69 Å². The Kier molecular flexibility index (Phi) is 4.73. The molecule has 0 unspecified atom stereocenters. The van der Waals surface area contributed by atoms with Crippen molar-refractivity contribution in [1.29, 1.82) is 0 Å². The standard InChI is InChI=1S/C13H20BrN3O2S/c1-10(2)16-5-7-17(8-6-16)20(18,19)11-3-4-13(15)12(14)9-11/h3-4,9-10H,5-8,15H2,1-2H3. The van der Waals surface area contributed by atoms with Crippen LogP contribution in [0.2, 0.25) is 0 Å². The van der Waals surface area contributed by atoms with E-state index >= 15 is 0 Å². The number of halogens is 1. The molecule has 0 aromatic heterocycles. The van der Waals surface area contributed by atoms with Crippen molar-refractivity contribution < 1.29 is 8.42 Å². The summed E-state index contributed by atoms with van der Waals surface area (Å²) < 4.78 is 27.3. The summed E-state index contributed by atoms with van der Waals surface area (Å²) in [6.07, 6.45) is 0. The van der Waals surface area contributed by atoms with Gasteiger partial charge in [-0.3, -0.25) is 4.90 Å². The first kappa shape index (κ1) is 15.8. The minimum atomic E-state index is -3.43. The summed E-state index contributed by atoms with van der Waals surface area (Å²) in [5.41, 5.74) is 6.24. The molecule has 0 atom stereocenters. The predicted octanol–water partition coefficient (Wildman–Crippen LogP) is 1.75. The van der Waals surface area contributed by atoms with Crippen LogP contribution in [0.15, 0.2) is 27.6 Å². The number of piperazine rings is 1. The average Bonchev–Trinajstić information content (AvgIpc) is 2.41. The Balaban J connectivity index is 2.17. The molecule has 7 heteroatoms. The number of nitrogen functional groups attached to an aromatic ring is 1. The topological polar surface area (TPSA) is 66.6 Å². The predicted molar refractivity (Wildman–Crippen MR) is 84.0 cm³/mol. The van der Waals surface area contributed by atoms with E-state index in [9.17, 15) is 8.42 Å². The zero-order valence-electron chi connectivity index (χ0n) is 11.7. The van der Waals surface area contributed by atoms with Crippen LogP contribution in [0.3, 0.4) is 0 Å². The van der Waals surface area contributed by atoms with Gasteiger partial charge in [0, 0.05) is 42.4 Å². The number of hydrogen-bond acceptors (Lipinski definition) is 4. The zero-order chi connectivity index (χ0) is 14.9. The van der Waals surface area contributed by atoms with Gasteiger partial charge < -0.3 is 5.73 Å². The van der Waals surface area contributed by atoms with E-state index in [0.717, 1.165) is 13.1 Å². The van der Waals surface area contributed by atoms with Crippen molar-refractivity contribution in [2.75, 3.05) is 31.9 Å². The molecule has 1 saturated heterocycles. The molecule has 2 N–H and O–H groups in total. The van der Waals surface area contributed by atoms with E-state index in [-0.39, 0.29) is 4.90 Å². The zero-order valence-corrected chi connectivity index (χ0v) is 14.1. The van der Waals surface area contributed by atoms with Crippen LogP contribution < -0.4 is 5.73 Å². The number of nitrogens with two attached hydrogens (primary N) is 1. The lowest BCUT2D eigenvalue weighted by molar-refractivity contribution is 0.154. The van der Waals surface area contributed by atoms with Crippen LogP contribution in [-0.4, -0.2) is 49.8 Å². The fraction of sp³-hybridized carbons (Fsp3) is 0.538. The number of hydrogen-bond donors (Lipinski definition) is 1. The second kappa shape index (κ2) is 6.01. The third kappa shape index (κ3) is 3.16. The molecular weight excluding hydrogens is 342 g/mol. The Bertz CT molecular complexity index is 581. The van der Waals surface area contributed by atoms with Gasteiger partial charge in [0.1, 0.15) is 0 Å². The van der Waals surface area contributed by atoms with Crippen molar-refractivity contribution in [3.8, 4) is 0 Å². The smallest absolute Gasteiger partial charge is 0.243 e. The Morgan fingerprint density at radius 1 is 1.20 bits per heavy atom. The molecule has 1 fully saturated rings. The average molecular weight is 362 g/mol. The van der Waals surface area contributed by atoms with Gasteiger partial charge in [0.15, 0.2) is 0 Å². The largest absolute Gasteiger partial charge is 0.398 e. The molecule has 1 heterocycles. The van der Waals surface area contributed by atoms with Gasteiger partial charge in [-0.25, -0.2) is 8.42 Å². The number of benzene rings is 1. The minimum absolute atomic E-state index is 0.288. The minimum Gasteiger partial charge on any atom is -0.398 e. The van der Waals surface area contributed by atoms with Gasteiger partial charge in [0.2, 0.25) is 10.0 Å². The van der Waals surface area contributed by atoms with Gasteiger partial charge in [-0.2, -0.15) is 4.31 Å². The van der Waals surface area contributed by atoms with Gasteiger partial charge in [-0.15, -0.1) is 0 Å². The Labute approximate surface area is 128 Å². The van der Waals surface area contributed by atoms with E-state index in [1.165, 1.54) is 0 Å². The quantitative estimate of drug-likeness (QED) is 0.832. The molecule has 1 aliphatic rings. The van der Waals surface area contributed by atoms with Crippen molar-refractivity contribution in [3.05, 3.63) is 22.7 Å².